The van der Waals surface area contributed by atoms with Gasteiger partial charge in [0.15, 0.2) is 5.43 Å². The summed E-state index contributed by atoms with van der Waals surface area (Å²) in [6.45, 7) is 1.67. The molecule has 1 aromatic carbocycles. The van der Waals surface area contributed by atoms with E-state index in [1.165, 1.54) is 44.6 Å². The Morgan fingerprint density at radius 3 is 2.60 bits per heavy atom. The number of benzene rings is 1. The molecule has 1 aliphatic rings. The van der Waals surface area contributed by atoms with Gasteiger partial charge >= 0.3 is 0 Å². The van der Waals surface area contributed by atoms with Gasteiger partial charge in [-0.05, 0) is 25.0 Å². The molecule has 2 N–H and O–H groups in total. The van der Waals surface area contributed by atoms with Crippen LogP contribution in [0.3, 0.4) is 0 Å². The molecule has 1 heterocycles. The predicted molar refractivity (Wildman–Crippen MR) is 101 cm³/mol. The zero-order chi connectivity index (χ0) is 17.5. The molecular weight excluding hydrogens is 314 g/mol. The minimum Gasteiger partial charge on any atom is -0.353 e. The highest BCUT2D eigenvalue weighted by atomic mass is 16.2. The topological polar surface area (TPSA) is 63.1 Å². The third-order valence-corrected chi connectivity index (χ3v) is 4.93. The molecule has 1 saturated carbocycles. The number of aromatic nitrogens is 1. The minimum atomic E-state index is -0.0310. The molecule has 25 heavy (non-hydrogen) atoms. The lowest BCUT2D eigenvalue weighted by Gasteiger charge is -2.16. The van der Waals surface area contributed by atoms with Gasteiger partial charge in [0, 0.05) is 36.8 Å². The van der Waals surface area contributed by atoms with Crippen LogP contribution in [-0.2, 0) is 11.3 Å². The molecule has 3 rings (SSSR count). The van der Waals surface area contributed by atoms with E-state index in [9.17, 15) is 9.59 Å². The maximum Gasteiger partial charge on any atom is 0.239 e. The molecule has 134 valence electrons. The molecule has 1 amide bonds. The van der Waals surface area contributed by atoms with Gasteiger partial charge in [0.05, 0.1) is 5.52 Å². The van der Waals surface area contributed by atoms with Gasteiger partial charge in [0.25, 0.3) is 0 Å². The largest absolute Gasteiger partial charge is 0.353 e. The molecule has 0 bridgehead atoms. The number of nitrogens with one attached hydrogen (secondary N) is 2. The smallest absolute Gasteiger partial charge is 0.239 e. The van der Waals surface area contributed by atoms with Crippen molar-refractivity contribution in [2.75, 3.05) is 13.1 Å². The molecule has 0 unspecified atom stereocenters. The van der Waals surface area contributed by atoms with Crippen LogP contribution in [0.5, 0.6) is 0 Å². The summed E-state index contributed by atoms with van der Waals surface area (Å²) >= 11 is 0. The molecule has 0 aliphatic heterocycles. The van der Waals surface area contributed by atoms with Crippen LogP contribution in [0.1, 0.15) is 38.5 Å². The van der Waals surface area contributed by atoms with Gasteiger partial charge < -0.3 is 15.2 Å². The van der Waals surface area contributed by atoms with E-state index < -0.39 is 0 Å². The molecular formula is C20H27N3O2. The van der Waals surface area contributed by atoms with Gasteiger partial charge in [-0.3, -0.25) is 9.59 Å². The summed E-state index contributed by atoms with van der Waals surface area (Å²) in [5.41, 5.74) is 0.779. The number of hydrogen-bond donors (Lipinski definition) is 2. The van der Waals surface area contributed by atoms with Crippen LogP contribution in [0.4, 0.5) is 0 Å². The van der Waals surface area contributed by atoms with Crippen LogP contribution in [0.15, 0.2) is 41.3 Å². The highest BCUT2D eigenvalue weighted by molar-refractivity contribution is 5.82. The molecule has 1 aromatic heterocycles. The van der Waals surface area contributed by atoms with Gasteiger partial charge in [-0.25, -0.2) is 0 Å². The van der Waals surface area contributed by atoms with E-state index in [4.69, 9.17) is 0 Å². The summed E-state index contributed by atoms with van der Waals surface area (Å²) < 4.78 is 1.82. The highest BCUT2D eigenvalue weighted by Crippen LogP contribution is 2.16. The zero-order valence-electron chi connectivity index (χ0n) is 14.7. The minimum absolute atomic E-state index is 0.0140. The number of carbonyl (C=O) groups is 1. The number of nitrogens with zero attached hydrogens (tertiary/aromatic N) is 1. The Kier molecular flexibility index (Phi) is 6.23. The fraction of sp³-hybridized carbons (Fsp3) is 0.500. The Morgan fingerprint density at radius 2 is 1.80 bits per heavy atom. The SMILES string of the molecule is O=C(Cn1ccc(=O)c2ccccc21)NCCNC1CCCCCC1. The van der Waals surface area contributed by atoms with Crippen LogP contribution in [0, 0.1) is 0 Å². The summed E-state index contributed by atoms with van der Waals surface area (Å²) in [4.78, 5) is 24.1. The second-order valence-electron chi connectivity index (χ2n) is 6.82. The van der Waals surface area contributed by atoms with E-state index >= 15 is 0 Å². The molecule has 5 heteroatoms. The lowest BCUT2D eigenvalue weighted by Crippen LogP contribution is -2.38. The Bertz CT molecular complexity index is 761. The number of pyridine rings is 1. The maximum absolute atomic E-state index is 12.2. The first-order valence-electron chi connectivity index (χ1n) is 9.32. The quantitative estimate of drug-likeness (QED) is 0.626. The van der Waals surface area contributed by atoms with Crippen LogP contribution >= 0.6 is 0 Å². The van der Waals surface area contributed by atoms with Crippen LogP contribution < -0.4 is 16.1 Å². The number of hydrogen-bond acceptors (Lipinski definition) is 3. The fourth-order valence-electron chi connectivity index (χ4n) is 3.57. The van der Waals surface area contributed by atoms with E-state index in [1.807, 2.05) is 22.8 Å². The van der Waals surface area contributed by atoms with Gasteiger partial charge in [0.2, 0.25) is 5.91 Å². The van der Waals surface area contributed by atoms with Crippen molar-refractivity contribution in [2.24, 2.45) is 0 Å². The first-order chi connectivity index (χ1) is 12.2. The van der Waals surface area contributed by atoms with Crippen molar-refractivity contribution in [2.45, 2.75) is 51.1 Å². The van der Waals surface area contributed by atoms with Crippen molar-refractivity contribution in [3.05, 3.63) is 46.8 Å². The number of amides is 1. The molecule has 0 atom stereocenters. The van der Waals surface area contributed by atoms with Gasteiger partial charge in [0.1, 0.15) is 6.54 Å². The third kappa shape index (κ3) is 4.92. The normalized spacial score (nSPS) is 15.8. The second-order valence-corrected chi connectivity index (χ2v) is 6.82. The van der Waals surface area contributed by atoms with Gasteiger partial charge in [-0.1, -0.05) is 37.8 Å². The molecule has 5 nitrogen and oxygen atoms in total. The Hall–Kier alpha value is -2.14. The van der Waals surface area contributed by atoms with Crippen molar-refractivity contribution < 1.29 is 4.79 Å². The Morgan fingerprint density at radius 1 is 1.04 bits per heavy atom. The first kappa shape index (κ1) is 17.7. The summed E-state index contributed by atoms with van der Waals surface area (Å²) in [6.07, 6.45) is 9.50. The second kappa shape index (κ2) is 8.81. The van der Waals surface area contributed by atoms with Gasteiger partial charge in [-0.2, -0.15) is 0 Å². The van der Waals surface area contributed by atoms with Gasteiger partial charge in [-0.15, -0.1) is 0 Å². The standard InChI is InChI=1S/C20H27N3O2/c24-19-11-14-23(18-10-6-5-9-17(18)19)15-20(25)22-13-12-21-16-7-3-1-2-4-8-16/h5-6,9-11,14,16,21H,1-4,7-8,12-13,15H2,(H,22,25). The summed E-state index contributed by atoms with van der Waals surface area (Å²) in [5, 5.41) is 7.17. The molecule has 0 radical (unpaired) electrons. The van der Waals surface area contributed by atoms with Crippen molar-refractivity contribution in [3.8, 4) is 0 Å². The average molecular weight is 341 g/mol. The number of rotatable bonds is 6. The molecule has 0 spiro atoms. The average Bonchev–Trinajstić information content (AvgIpc) is 2.90. The zero-order valence-corrected chi connectivity index (χ0v) is 14.7. The number of fused-ring (bicyclic) bond motifs is 1. The third-order valence-electron chi connectivity index (χ3n) is 4.93. The monoisotopic (exact) mass is 341 g/mol. The van der Waals surface area contributed by atoms with E-state index in [0.717, 1.165) is 12.1 Å². The summed E-state index contributed by atoms with van der Waals surface area (Å²) in [5.74, 6) is -0.0310. The molecule has 2 aromatic rings. The van der Waals surface area contributed by atoms with Crippen molar-refractivity contribution in [1.29, 1.82) is 0 Å². The Balaban J connectivity index is 1.48. The summed E-state index contributed by atoms with van der Waals surface area (Å²) in [7, 11) is 0. The van der Waals surface area contributed by atoms with Crippen LogP contribution in [0.25, 0.3) is 10.9 Å². The summed E-state index contributed by atoms with van der Waals surface area (Å²) in [6, 6.07) is 9.51. The molecule has 1 fully saturated rings. The van der Waals surface area contributed by atoms with E-state index in [0.29, 0.717) is 18.0 Å². The van der Waals surface area contributed by atoms with Crippen molar-refractivity contribution in [3.63, 3.8) is 0 Å². The highest BCUT2D eigenvalue weighted by Gasteiger charge is 2.11. The predicted octanol–water partition coefficient (Wildman–Crippen LogP) is 2.43. The van der Waals surface area contributed by atoms with Crippen LogP contribution in [0.2, 0.25) is 0 Å². The van der Waals surface area contributed by atoms with E-state index in [2.05, 4.69) is 10.6 Å². The fourth-order valence-corrected chi connectivity index (χ4v) is 3.57. The van der Waals surface area contributed by atoms with Crippen molar-refractivity contribution >= 4 is 16.8 Å². The lowest BCUT2D eigenvalue weighted by atomic mass is 10.1. The number of para-hydroxylation sites is 1. The van der Waals surface area contributed by atoms with Crippen LogP contribution in [-0.4, -0.2) is 29.6 Å². The van der Waals surface area contributed by atoms with E-state index in [-0.39, 0.29) is 17.9 Å². The number of carbonyl (C=O) groups excluding carboxylic acids is 1. The Labute approximate surface area is 148 Å². The van der Waals surface area contributed by atoms with E-state index in [1.54, 1.807) is 12.3 Å². The molecule has 0 saturated heterocycles. The first-order valence-corrected chi connectivity index (χ1v) is 9.32. The molecule has 1 aliphatic carbocycles. The van der Waals surface area contributed by atoms with Crippen molar-refractivity contribution in [1.82, 2.24) is 15.2 Å². The maximum atomic E-state index is 12.2. The lowest BCUT2D eigenvalue weighted by molar-refractivity contribution is -0.121.